The summed E-state index contributed by atoms with van der Waals surface area (Å²) in [6, 6.07) is 6.93. The lowest BCUT2D eigenvalue weighted by atomic mass is 10.2. The van der Waals surface area contributed by atoms with E-state index in [1.54, 1.807) is 38.2 Å². The van der Waals surface area contributed by atoms with Crippen LogP contribution in [0.15, 0.2) is 29.3 Å². The molecule has 1 aromatic rings. The summed E-state index contributed by atoms with van der Waals surface area (Å²) >= 11 is 0. The Morgan fingerprint density at radius 2 is 2.31 bits per heavy atom. The number of rotatable bonds is 2. The van der Waals surface area contributed by atoms with Gasteiger partial charge in [-0.2, -0.15) is 0 Å². The second kappa shape index (κ2) is 4.40. The summed E-state index contributed by atoms with van der Waals surface area (Å²) in [5.41, 5.74) is 0.599. The molecule has 0 saturated heterocycles. The van der Waals surface area contributed by atoms with E-state index < -0.39 is 0 Å². The Kier molecular flexibility index (Phi) is 3.20. The minimum Gasteiger partial charge on any atom is -0.444 e. The van der Waals surface area contributed by atoms with Gasteiger partial charge >= 0.3 is 0 Å². The summed E-state index contributed by atoms with van der Waals surface area (Å²) in [6.45, 7) is 1.76. The molecule has 13 heavy (non-hydrogen) atoms. The average molecular weight is 177 g/mol. The molecular weight excluding hydrogens is 166 g/mol. The predicted molar refractivity (Wildman–Crippen MR) is 51.5 cm³/mol. The molecule has 0 bridgehead atoms. The third-order valence-electron chi connectivity index (χ3n) is 1.57. The predicted octanol–water partition coefficient (Wildman–Crippen LogP) is 1.93. The third-order valence-corrected chi connectivity index (χ3v) is 1.57. The lowest BCUT2D eigenvalue weighted by molar-refractivity contribution is 0.112. The van der Waals surface area contributed by atoms with E-state index in [2.05, 4.69) is 4.99 Å². The van der Waals surface area contributed by atoms with E-state index >= 15 is 0 Å². The van der Waals surface area contributed by atoms with Gasteiger partial charge in [0, 0.05) is 19.5 Å². The van der Waals surface area contributed by atoms with Crippen LogP contribution in [0.5, 0.6) is 5.75 Å². The SMILES string of the molecule is CN=C(C)Oc1cccc(C=O)c1. The first-order chi connectivity index (χ1) is 6.26. The molecule has 0 aliphatic carbocycles. The number of ether oxygens (including phenoxy) is 1. The average Bonchev–Trinajstić information content (AvgIpc) is 2.18. The van der Waals surface area contributed by atoms with Gasteiger partial charge in [-0.1, -0.05) is 12.1 Å². The zero-order valence-electron chi connectivity index (χ0n) is 7.65. The first-order valence-electron chi connectivity index (χ1n) is 3.92. The largest absolute Gasteiger partial charge is 0.444 e. The fourth-order valence-corrected chi connectivity index (χ4v) is 0.868. The van der Waals surface area contributed by atoms with Crippen LogP contribution in [0.4, 0.5) is 0 Å². The summed E-state index contributed by atoms with van der Waals surface area (Å²) in [5.74, 6) is 1.20. The van der Waals surface area contributed by atoms with Crippen LogP contribution >= 0.6 is 0 Å². The van der Waals surface area contributed by atoms with Gasteiger partial charge in [-0.15, -0.1) is 0 Å². The van der Waals surface area contributed by atoms with Crippen molar-refractivity contribution in [2.75, 3.05) is 7.05 Å². The smallest absolute Gasteiger partial charge is 0.186 e. The molecule has 3 nitrogen and oxygen atoms in total. The number of aliphatic imine (C=N–C) groups is 1. The fourth-order valence-electron chi connectivity index (χ4n) is 0.868. The molecule has 0 amide bonds. The quantitative estimate of drug-likeness (QED) is 0.393. The van der Waals surface area contributed by atoms with Crippen LogP contribution in [0.2, 0.25) is 0 Å². The van der Waals surface area contributed by atoms with E-state index in [1.807, 2.05) is 0 Å². The van der Waals surface area contributed by atoms with Gasteiger partial charge in [0.1, 0.15) is 12.0 Å². The number of carbonyl (C=O) groups excluding carboxylic acids is 1. The summed E-state index contributed by atoms with van der Waals surface area (Å²) in [7, 11) is 1.65. The van der Waals surface area contributed by atoms with Crippen molar-refractivity contribution in [3.8, 4) is 5.75 Å². The highest BCUT2D eigenvalue weighted by molar-refractivity contribution is 5.78. The Morgan fingerprint density at radius 1 is 1.54 bits per heavy atom. The van der Waals surface area contributed by atoms with Crippen molar-refractivity contribution < 1.29 is 9.53 Å². The zero-order chi connectivity index (χ0) is 9.68. The van der Waals surface area contributed by atoms with Crippen molar-refractivity contribution in [1.82, 2.24) is 0 Å². The molecule has 3 heteroatoms. The van der Waals surface area contributed by atoms with Crippen molar-refractivity contribution in [1.29, 1.82) is 0 Å². The van der Waals surface area contributed by atoms with E-state index in [0.29, 0.717) is 17.2 Å². The van der Waals surface area contributed by atoms with Gasteiger partial charge in [0.05, 0.1) is 0 Å². The van der Waals surface area contributed by atoms with Crippen LogP contribution in [0, 0.1) is 0 Å². The highest BCUT2D eigenvalue weighted by atomic mass is 16.5. The minimum absolute atomic E-state index is 0.572. The molecule has 0 N–H and O–H groups in total. The van der Waals surface area contributed by atoms with E-state index in [0.717, 1.165) is 6.29 Å². The minimum atomic E-state index is 0.572. The van der Waals surface area contributed by atoms with Gasteiger partial charge in [0.2, 0.25) is 0 Å². The third kappa shape index (κ3) is 2.71. The Bertz CT molecular complexity index is 331. The van der Waals surface area contributed by atoms with Gasteiger partial charge < -0.3 is 4.74 Å². The summed E-state index contributed by atoms with van der Waals surface area (Å²) in [6.07, 6.45) is 0.783. The van der Waals surface area contributed by atoms with Crippen molar-refractivity contribution in [2.24, 2.45) is 4.99 Å². The van der Waals surface area contributed by atoms with Crippen molar-refractivity contribution in [3.05, 3.63) is 29.8 Å². The van der Waals surface area contributed by atoms with Gasteiger partial charge in [-0.05, 0) is 12.1 Å². The molecule has 0 spiro atoms. The van der Waals surface area contributed by atoms with E-state index in [4.69, 9.17) is 4.74 Å². The first-order valence-corrected chi connectivity index (χ1v) is 3.92. The normalized spacial score (nSPS) is 11.1. The summed E-state index contributed by atoms with van der Waals surface area (Å²) < 4.78 is 5.30. The van der Waals surface area contributed by atoms with Gasteiger partial charge in [-0.3, -0.25) is 9.79 Å². The molecule has 1 rings (SSSR count). The van der Waals surface area contributed by atoms with Crippen molar-refractivity contribution in [2.45, 2.75) is 6.92 Å². The highest BCUT2D eigenvalue weighted by Crippen LogP contribution is 2.12. The Balaban J connectivity index is 2.83. The Morgan fingerprint density at radius 3 is 2.92 bits per heavy atom. The number of aldehydes is 1. The molecule has 0 saturated carbocycles. The summed E-state index contributed by atoms with van der Waals surface area (Å²) in [5, 5.41) is 0. The second-order valence-corrected chi connectivity index (χ2v) is 2.54. The molecule has 0 unspecified atom stereocenters. The number of carbonyl (C=O) groups is 1. The second-order valence-electron chi connectivity index (χ2n) is 2.54. The Hall–Kier alpha value is -1.64. The highest BCUT2D eigenvalue weighted by Gasteiger charge is 1.96. The molecule has 1 aromatic carbocycles. The van der Waals surface area contributed by atoms with Gasteiger partial charge in [0.15, 0.2) is 5.90 Å². The van der Waals surface area contributed by atoms with Crippen LogP contribution in [0.25, 0.3) is 0 Å². The maximum atomic E-state index is 10.4. The number of hydrogen-bond donors (Lipinski definition) is 0. The van der Waals surface area contributed by atoms with E-state index in [9.17, 15) is 4.79 Å². The van der Waals surface area contributed by atoms with Gasteiger partial charge in [0.25, 0.3) is 0 Å². The lowest BCUT2D eigenvalue weighted by Crippen LogP contribution is -2.02. The molecule has 0 aliphatic heterocycles. The van der Waals surface area contributed by atoms with E-state index in [-0.39, 0.29) is 0 Å². The maximum Gasteiger partial charge on any atom is 0.186 e. The van der Waals surface area contributed by atoms with Crippen LogP contribution in [0.1, 0.15) is 17.3 Å². The molecule has 0 aliphatic rings. The standard InChI is InChI=1S/C10H11NO2/c1-8(11-2)13-10-5-3-4-9(6-10)7-12/h3-7H,1-2H3. The van der Waals surface area contributed by atoms with Crippen molar-refractivity contribution >= 4 is 12.2 Å². The molecule has 68 valence electrons. The van der Waals surface area contributed by atoms with Crippen LogP contribution < -0.4 is 4.74 Å². The molecular formula is C10H11NO2. The maximum absolute atomic E-state index is 10.4. The molecule has 0 fully saturated rings. The number of nitrogens with zero attached hydrogens (tertiary/aromatic N) is 1. The first kappa shape index (κ1) is 9.45. The number of hydrogen-bond acceptors (Lipinski definition) is 3. The summed E-state index contributed by atoms with van der Waals surface area (Å²) in [4.78, 5) is 14.3. The topological polar surface area (TPSA) is 38.7 Å². The molecule has 0 atom stereocenters. The molecule has 0 radical (unpaired) electrons. The van der Waals surface area contributed by atoms with Gasteiger partial charge in [-0.25, -0.2) is 0 Å². The van der Waals surface area contributed by atoms with Crippen molar-refractivity contribution in [3.63, 3.8) is 0 Å². The Labute approximate surface area is 77.1 Å². The monoisotopic (exact) mass is 177 g/mol. The van der Waals surface area contributed by atoms with Crippen LogP contribution in [-0.2, 0) is 0 Å². The fraction of sp³-hybridized carbons (Fsp3) is 0.200. The van der Waals surface area contributed by atoms with E-state index in [1.165, 1.54) is 0 Å². The lowest BCUT2D eigenvalue weighted by Gasteiger charge is -2.03. The van der Waals surface area contributed by atoms with Crippen LogP contribution in [-0.4, -0.2) is 19.2 Å². The molecule has 0 aromatic heterocycles. The zero-order valence-corrected chi connectivity index (χ0v) is 7.65. The van der Waals surface area contributed by atoms with Crippen LogP contribution in [0.3, 0.4) is 0 Å². The molecule has 0 heterocycles. The number of benzene rings is 1.